The van der Waals surface area contributed by atoms with E-state index in [2.05, 4.69) is 60.6 Å². The van der Waals surface area contributed by atoms with E-state index in [0.717, 1.165) is 10.8 Å². The molecule has 0 aliphatic carbocycles. The zero-order valence-corrected chi connectivity index (χ0v) is 15.6. The molecule has 1 saturated heterocycles. The predicted octanol–water partition coefficient (Wildman–Crippen LogP) is 4.36. The van der Waals surface area contributed by atoms with Gasteiger partial charge in [0.15, 0.2) is 5.11 Å². The Morgan fingerprint density at radius 3 is 2.43 bits per heavy atom. The van der Waals surface area contributed by atoms with Gasteiger partial charge in [-0.1, -0.05) is 32.9 Å². The van der Waals surface area contributed by atoms with Gasteiger partial charge in [-0.25, -0.2) is 0 Å². The standard InChI is InChI=1S/C19H31N3S/c1-4-12-22-13-10-18(11-14-22)21-19(23)20-17-8-6-16(7-9-17)15(3)5-2/h6-9,15,18H,4-5,10-14H2,1-3H3,(H2,20,21,23)/t15-/m0/s1. The number of hydrogen-bond acceptors (Lipinski definition) is 2. The van der Waals surface area contributed by atoms with Crippen LogP contribution in [-0.4, -0.2) is 35.7 Å². The lowest BCUT2D eigenvalue weighted by Gasteiger charge is -2.32. The molecule has 1 heterocycles. The fraction of sp³-hybridized carbons (Fsp3) is 0.632. The van der Waals surface area contributed by atoms with Gasteiger partial charge < -0.3 is 15.5 Å². The summed E-state index contributed by atoms with van der Waals surface area (Å²) >= 11 is 5.47. The van der Waals surface area contributed by atoms with Crippen molar-refractivity contribution in [2.45, 2.75) is 58.4 Å². The van der Waals surface area contributed by atoms with Crippen molar-refractivity contribution in [3.05, 3.63) is 29.8 Å². The third-order valence-corrected chi connectivity index (χ3v) is 5.03. The van der Waals surface area contributed by atoms with Crippen molar-refractivity contribution in [1.29, 1.82) is 0 Å². The molecule has 3 nitrogen and oxygen atoms in total. The summed E-state index contributed by atoms with van der Waals surface area (Å²) in [6, 6.07) is 9.14. The first-order valence-electron chi connectivity index (χ1n) is 9.02. The van der Waals surface area contributed by atoms with Crippen molar-refractivity contribution in [3.8, 4) is 0 Å². The highest BCUT2D eigenvalue weighted by molar-refractivity contribution is 7.80. The summed E-state index contributed by atoms with van der Waals surface area (Å²) < 4.78 is 0. The van der Waals surface area contributed by atoms with Crippen molar-refractivity contribution >= 4 is 23.0 Å². The average molecular weight is 334 g/mol. The molecule has 1 aliphatic rings. The Kier molecular flexibility index (Phi) is 7.31. The molecule has 0 saturated carbocycles. The SMILES string of the molecule is CCCN1CCC(NC(=S)Nc2ccc([C@@H](C)CC)cc2)CC1. The Labute approximate surface area is 146 Å². The normalized spacial score (nSPS) is 17.7. The molecule has 2 N–H and O–H groups in total. The third-order valence-electron chi connectivity index (χ3n) is 4.81. The van der Waals surface area contributed by atoms with Crippen LogP contribution in [0.25, 0.3) is 0 Å². The molecule has 2 rings (SSSR count). The Morgan fingerprint density at radius 2 is 1.87 bits per heavy atom. The number of piperidine rings is 1. The molecular weight excluding hydrogens is 302 g/mol. The molecule has 0 radical (unpaired) electrons. The summed E-state index contributed by atoms with van der Waals surface area (Å²) in [5.74, 6) is 0.613. The number of rotatable bonds is 6. The number of nitrogens with one attached hydrogen (secondary N) is 2. The summed E-state index contributed by atoms with van der Waals surface area (Å²) in [6.07, 6.45) is 4.76. The maximum absolute atomic E-state index is 5.47. The second-order valence-corrected chi connectivity index (χ2v) is 7.05. The molecule has 0 spiro atoms. The van der Waals surface area contributed by atoms with Gasteiger partial charge in [0, 0.05) is 24.8 Å². The lowest BCUT2D eigenvalue weighted by molar-refractivity contribution is 0.207. The topological polar surface area (TPSA) is 27.3 Å². The number of hydrogen-bond donors (Lipinski definition) is 2. The Balaban J connectivity index is 1.77. The molecule has 128 valence electrons. The van der Waals surface area contributed by atoms with Gasteiger partial charge in [-0.05, 0) is 68.1 Å². The van der Waals surface area contributed by atoms with Gasteiger partial charge in [0.05, 0.1) is 0 Å². The molecule has 1 atom stereocenters. The second-order valence-electron chi connectivity index (χ2n) is 6.65. The van der Waals surface area contributed by atoms with Crippen LogP contribution in [0.4, 0.5) is 5.69 Å². The van der Waals surface area contributed by atoms with Gasteiger partial charge in [0.2, 0.25) is 0 Å². The smallest absolute Gasteiger partial charge is 0.170 e. The second kappa shape index (κ2) is 9.24. The van der Waals surface area contributed by atoms with Crippen LogP contribution in [-0.2, 0) is 0 Å². The maximum atomic E-state index is 5.47. The van der Waals surface area contributed by atoms with Gasteiger partial charge in [0.25, 0.3) is 0 Å². The maximum Gasteiger partial charge on any atom is 0.170 e. The minimum absolute atomic E-state index is 0.502. The molecule has 1 aromatic rings. The van der Waals surface area contributed by atoms with Crippen LogP contribution in [0.5, 0.6) is 0 Å². The van der Waals surface area contributed by atoms with Crippen LogP contribution < -0.4 is 10.6 Å². The largest absolute Gasteiger partial charge is 0.360 e. The fourth-order valence-corrected chi connectivity index (χ4v) is 3.38. The van der Waals surface area contributed by atoms with E-state index in [-0.39, 0.29) is 0 Å². The Bertz CT molecular complexity index is 478. The van der Waals surface area contributed by atoms with Gasteiger partial charge in [-0.15, -0.1) is 0 Å². The van der Waals surface area contributed by atoms with Crippen LogP contribution >= 0.6 is 12.2 Å². The van der Waals surface area contributed by atoms with Crippen LogP contribution in [0.15, 0.2) is 24.3 Å². The van der Waals surface area contributed by atoms with E-state index < -0.39 is 0 Å². The number of anilines is 1. The lowest BCUT2D eigenvalue weighted by Crippen LogP contribution is -2.45. The fourth-order valence-electron chi connectivity index (χ4n) is 3.10. The third kappa shape index (κ3) is 5.78. The van der Waals surface area contributed by atoms with E-state index in [4.69, 9.17) is 12.2 Å². The molecule has 0 aromatic heterocycles. The molecular formula is C19H31N3S. The number of benzene rings is 1. The highest BCUT2D eigenvalue weighted by Gasteiger charge is 2.18. The van der Waals surface area contributed by atoms with E-state index >= 15 is 0 Å². The van der Waals surface area contributed by atoms with Crippen molar-refractivity contribution in [1.82, 2.24) is 10.2 Å². The minimum Gasteiger partial charge on any atom is -0.360 e. The van der Waals surface area contributed by atoms with Gasteiger partial charge in [0.1, 0.15) is 0 Å². The van der Waals surface area contributed by atoms with Crippen molar-refractivity contribution in [2.75, 3.05) is 25.0 Å². The molecule has 0 bridgehead atoms. The lowest BCUT2D eigenvalue weighted by atomic mass is 9.99. The molecule has 4 heteroatoms. The molecule has 1 fully saturated rings. The minimum atomic E-state index is 0.502. The van der Waals surface area contributed by atoms with Crippen LogP contribution in [0.1, 0.15) is 57.9 Å². The number of nitrogens with zero attached hydrogens (tertiary/aromatic N) is 1. The number of likely N-dealkylation sites (tertiary alicyclic amines) is 1. The van der Waals surface area contributed by atoms with E-state index in [1.54, 1.807) is 0 Å². The Morgan fingerprint density at radius 1 is 1.22 bits per heavy atom. The van der Waals surface area contributed by atoms with Crippen molar-refractivity contribution in [3.63, 3.8) is 0 Å². The summed E-state index contributed by atoms with van der Waals surface area (Å²) in [5.41, 5.74) is 2.46. The van der Waals surface area contributed by atoms with E-state index in [1.807, 2.05) is 0 Å². The summed E-state index contributed by atoms with van der Waals surface area (Å²) in [4.78, 5) is 2.54. The van der Waals surface area contributed by atoms with E-state index in [0.29, 0.717) is 12.0 Å². The van der Waals surface area contributed by atoms with Crippen molar-refractivity contribution < 1.29 is 0 Å². The molecule has 0 amide bonds. The zero-order valence-electron chi connectivity index (χ0n) is 14.8. The van der Waals surface area contributed by atoms with Crippen LogP contribution in [0.3, 0.4) is 0 Å². The quantitative estimate of drug-likeness (QED) is 0.756. The van der Waals surface area contributed by atoms with Crippen LogP contribution in [0, 0.1) is 0 Å². The highest BCUT2D eigenvalue weighted by atomic mass is 32.1. The number of thiocarbonyl (C=S) groups is 1. The van der Waals surface area contributed by atoms with Crippen molar-refractivity contribution in [2.24, 2.45) is 0 Å². The molecule has 1 aliphatic heterocycles. The zero-order chi connectivity index (χ0) is 16.7. The average Bonchev–Trinajstić information content (AvgIpc) is 2.57. The van der Waals surface area contributed by atoms with Crippen LogP contribution in [0.2, 0.25) is 0 Å². The summed E-state index contributed by atoms with van der Waals surface area (Å²) in [5, 5.41) is 7.53. The molecule has 0 unspecified atom stereocenters. The summed E-state index contributed by atoms with van der Waals surface area (Å²) in [6.45, 7) is 10.3. The van der Waals surface area contributed by atoms with Gasteiger partial charge in [-0.2, -0.15) is 0 Å². The monoisotopic (exact) mass is 333 g/mol. The summed E-state index contributed by atoms with van der Waals surface area (Å²) in [7, 11) is 0. The molecule has 23 heavy (non-hydrogen) atoms. The Hall–Kier alpha value is -1.13. The van der Waals surface area contributed by atoms with E-state index in [9.17, 15) is 0 Å². The first-order valence-corrected chi connectivity index (χ1v) is 9.43. The first-order chi connectivity index (χ1) is 11.1. The van der Waals surface area contributed by atoms with E-state index in [1.165, 1.54) is 50.9 Å². The highest BCUT2D eigenvalue weighted by Crippen LogP contribution is 2.20. The predicted molar refractivity (Wildman–Crippen MR) is 104 cm³/mol. The molecule has 1 aromatic carbocycles. The van der Waals surface area contributed by atoms with Gasteiger partial charge in [-0.3, -0.25) is 0 Å². The van der Waals surface area contributed by atoms with Gasteiger partial charge >= 0.3 is 0 Å². The first kappa shape index (κ1) is 18.2.